The van der Waals surface area contributed by atoms with Crippen LogP contribution in [0.25, 0.3) is 0 Å². The van der Waals surface area contributed by atoms with Gasteiger partial charge in [-0.1, -0.05) is 20.3 Å². The third-order valence-corrected chi connectivity index (χ3v) is 4.32. The number of carbonyl (C=O) groups is 4. The highest BCUT2D eigenvalue weighted by Gasteiger charge is 2.28. The molecule has 0 saturated carbocycles. The Labute approximate surface area is 157 Å². The number of carboxylic acids is 1. The molecule has 0 bridgehead atoms. The highest BCUT2D eigenvalue weighted by molar-refractivity contribution is 7.80. The maximum absolute atomic E-state index is 12.3. The lowest BCUT2D eigenvalue weighted by molar-refractivity contribution is -0.141. The summed E-state index contributed by atoms with van der Waals surface area (Å²) in [6.07, 6.45) is 0.613. The lowest BCUT2D eigenvalue weighted by Crippen LogP contribution is -2.56. The lowest BCUT2D eigenvalue weighted by Gasteiger charge is -2.24. The summed E-state index contributed by atoms with van der Waals surface area (Å²) in [6, 6.07) is -2.86. The number of carboxylic acid groups (broad SMARTS) is 1. The van der Waals surface area contributed by atoms with E-state index >= 15 is 0 Å². The molecule has 4 unspecified atom stereocenters. The first-order valence-corrected chi connectivity index (χ1v) is 9.01. The molecule has 11 heteroatoms. The van der Waals surface area contributed by atoms with E-state index in [-0.39, 0.29) is 17.4 Å². The fraction of sp³-hybridized carbons (Fsp3) is 0.714. The minimum absolute atomic E-state index is 0.0812. The molecule has 0 aromatic heterocycles. The zero-order valence-corrected chi connectivity index (χ0v) is 16.0. The second-order valence-electron chi connectivity index (χ2n) is 5.52. The molecule has 0 aromatic carbocycles. The quantitative estimate of drug-likeness (QED) is 0.210. The first-order valence-electron chi connectivity index (χ1n) is 7.75. The van der Waals surface area contributed by atoms with Crippen LogP contribution in [0.4, 0.5) is 0 Å². The van der Waals surface area contributed by atoms with Crippen LogP contribution in [0.5, 0.6) is 0 Å². The molecule has 0 aliphatic heterocycles. The van der Waals surface area contributed by atoms with Crippen molar-refractivity contribution in [2.75, 3.05) is 18.1 Å². The average Bonchev–Trinajstić information content (AvgIpc) is 2.59. The molecule has 25 heavy (non-hydrogen) atoms. The molecule has 0 heterocycles. The lowest BCUT2D eigenvalue weighted by atomic mass is 9.98. The fourth-order valence-electron chi connectivity index (χ4n) is 1.75. The van der Waals surface area contributed by atoms with Crippen LogP contribution in [0, 0.1) is 5.92 Å². The standard InChI is InChI=1S/C14H26N4O5S2/c1-3-7(2)11(18-12(20)8(15)5-24)13(21)16-4-10(19)17-9(6-25)14(22)23/h7-9,11,24-25H,3-6,15H2,1-2H3,(H,16,21)(H,17,19)(H,18,20)(H,22,23). The minimum atomic E-state index is -1.22. The van der Waals surface area contributed by atoms with Crippen molar-refractivity contribution < 1.29 is 24.3 Å². The fourth-order valence-corrected chi connectivity index (χ4v) is 2.17. The van der Waals surface area contributed by atoms with Gasteiger partial charge < -0.3 is 26.8 Å². The summed E-state index contributed by atoms with van der Waals surface area (Å²) in [6.45, 7) is 3.21. The predicted octanol–water partition coefficient (Wildman–Crippen LogP) is -1.61. The molecule has 0 fully saturated rings. The maximum atomic E-state index is 12.3. The molecule has 0 radical (unpaired) electrons. The number of hydrogen-bond donors (Lipinski definition) is 7. The monoisotopic (exact) mass is 394 g/mol. The van der Waals surface area contributed by atoms with E-state index in [4.69, 9.17) is 10.8 Å². The van der Waals surface area contributed by atoms with Gasteiger partial charge in [-0.2, -0.15) is 25.3 Å². The van der Waals surface area contributed by atoms with Crippen molar-refractivity contribution in [1.29, 1.82) is 0 Å². The molecule has 0 aliphatic rings. The van der Waals surface area contributed by atoms with Gasteiger partial charge >= 0.3 is 5.97 Å². The molecular formula is C14H26N4O5S2. The van der Waals surface area contributed by atoms with Crippen molar-refractivity contribution in [2.24, 2.45) is 11.7 Å². The Morgan fingerprint density at radius 3 is 2.12 bits per heavy atom. The van der Waals surface area contributed by atoms with Crippen molar-refractivity contribution in [3.8, 4) is 0 Å². The van der Waals surface area contributed by atoms with Crippen LogP contribution < -0.4 is 21.7 Å². The highest BCUT2D eigenvalue weighted by Crippen LogP contribution is 2.08. The molecule has 0 saturated heterocycles. The van der Waals surface area contributed by atoms with E-state index in [1.807, 2.05) is 6.92 Å². The number of hydrogen-bond acceptors (Lipinski definition) is 7. The van der Waals surface area contributed by atoms with E-state index < -0.39 is 48.4 Å². The molecule has 0 aliphatic carbocycles. The molecule has 6 N–H and O–H groups in total. The first kappa shape index (κ1) is 23.5. The van der Waals surface area contributed by atoms with Gasteiger partial charge in [-0.25, -0.2) is 4.79 Å². The van der Waals surface area contributed by atoms with Gasteiger partial charge in [0.2, 0.25) is 17.7 Å². The van der Waals surface area contributed by atoms with Gasteiger partial charge in [-0.15, -0.1) is 0 Å². The summed E-state index contributed by atoms with van der Waals surface area (Å²) in [7, 11) is 0. The van der Waals surface area contributed by atoms with E-state index in [0.29, 0.717) is 6.42 Å². The molecule has 144 valence electrons. The molecule has 0 rings (SSSR count). The van der Waals surface area contributed by atoms with Crippen LogP contribution in [0.3, 0.4) is 0 Å². The van der Waals surface area contributed by atoms with Gasteiger partial charge in [0.05, 0.1) is 12.6 Å². The van der Waals surface area contributed by atoms with Crippen LogP contribution >= 0.6 is 25.3 Å². The van der Waals surface area contributed by atoms with Crippen molar-refractivity contribution in [3.63, 3.8) is 0 Å². The topological polar surface area (TPSA) is 151 Å². The zero-order chi connectivity index (χ0) is 19.6. The minimum Gasteiger partial charge on any atom is -0.480 e. The van der Waals surface area contributed by atoms with E-state index in [2.05, 4.69) is 41.2 Å². The van der Waals surface area contributed by atoms with Crippen molar-refractivity contribution in [3.05, 3.63) is 0 Å². The van der Waals surface area contributed by atoms with Gasteiger partial charge in [0.25, 0.3) is 0 Å². The Kier molecular flexibility index (Phi) is 11.3. The summed E-state index contributed by atoms with van der Waals surface area (Å²) in [5.74, 6) is -3.10. The predicted molar refractivity (Wildman–Crippen MR) is 99.6 cm³/mol. The normalized spacial score (nSPS) is 15.4. The molecule has 0 spiro atoms. The summed E-state index contributed by atoms with van der Waals surface area (Å²) >= 11 is 7.76. The molecule has 3 amide bonds. The smallest absolute Gasteiger partial charge is 0.327 e. The number of nitrogens with one attached hydrogen (secondary N) is 3. The Bertz CT molecular complexity index is 492. The Morgan fingerprint density at radius 1 is 1.08 bits per heavy atom. The number of rotatable bonds is 11. The Hall–Kier alpha value is -1.46. The number of thiol groups is 2. The summed E-state index contributed by atoms with van der Waals surface area (Å²) in [5, 5.41) is 16.0. The summed E-state index contributed by atoms with van der Waals surface area (Å²) < 4.78 is 0. The number of nitrogens with two attached hydrogens (primary N) is 1. The van der Waals surface area contributed by atoms with Gasteiger partial charge in [0.1, 0.15) is 12.1 Å². The third-order valence-electron chi connectivity index (χ3n) is 3.57. The van der Waals surface area contributed by atoms with E-state index in [9.17, 15) is 19.2 Å². The average molecular weight is 395 g/mol. The van der Waals surface area contributed by atoms with Crippen molar-refractivity contribution in [1.82, 2.24) is 16.0 Å². The summed E-state index contributed by atoms with van der Waals surface area (Å²) in [4.78, 5) is 46.7. The number of carbonyl (C=O) groups excluding carboxylic acids is 3. The first-order chi connectivity index (χ1) is 11.7. The van der Waals surface area contributed by atoms with Gasteiger partial charge in [0, 0.05) is 11.5 Å². The maximum Gasteiger partial charge on any atom is 0.327 e. The molecule has 4 atom stereocenters. The highest BCUT2D eigenvalue weighted by atomic mass is 32.1. The van der Waals surface area contributed by atoms with Crippen LogP contribution in [-0.2, 0) is 19.2 Å². The second-order valence-corrected chi connectivity index (χ2v) is 6.25. The Balaban J connectivity index is 4.74. The van der Waals surface area contributed by atoms with E-state index in [0.717, 1.165) is 0 Å². The van der Waals surface area contributed by atoms with Gasteiger partial charge in [0.15, 0.2) is 0 Å². The van der Waals surface area contributed by atoms with E-state index in [1.54, 1.807) is 6.92 Å². The van der Waals surface area contributed by atoms with Crippen LogP contribution in [0.1, 0.15) is 20.3 Å². The van der Waals surface area contributed by atoms with Crippen LogP contribution in [0.15, 0.2) is 0 Å². The van der Waals surface area contributed by atoms with Crippen LogP contribution in [-0.4, -0.2) is 65.0 Å². The number of aliphatic carboxylic acids is 1. The SMILES string of the molecule is CCC(C)C(NC(=O)C(N)CS)C(=O)NCC(=O)NC(CS)C(=O)O. The van der Waals surface area contributed by atoms with Crippen molar-refractivity contribution in [2.45, 2.75) is 38.4 Å². The van der Waals surface area contributed by atoms with Crippen molar-refractivity contribution >= 4 is 48.9 Å². The Morgan fingerprint density at radius 2 is 1.68 bits per heavy atom. The van der Waals surface area contributed by atoms with Gasteiger partial charge in [-0.3, -0.25) is 14.4 Å². The zero-order valence-electron chi connectivity index (χ0n) is 14.2. The van der Waals surface area contributed by atoms with E-state index in [1.165, 1.54) is 0 Å². The second kappa shape index (κ2) is 12.0. The number of amides is 3. The van der Waals surface area contributed by atoms with Crippen LogP contribution in [0.2, 0.25) is 0 Å². The molecular weight excluding hydrogens is 368 g/mol. The largest absolute Gasteiger partial charge is 0.480 e. The third kappa shape index (κ3) is 8.45. The van der Waals surface area contributed by atoms with Gasteiger partial charge in [-0.05, 0) is 5.92 Å². The molecule has 0 aromatic rings. The molecule has 9 nitrogen and oxygen atoms in total. The summed E-state index contributed by atoms with van der Waals surface area (Å²) in [5.41, 5.74) is 5.58.